The molecule has 0 aromatic heterocycles. The van der Waals surface area contributed by atoms with Crippen LogP contribution in [0.25, 0.3) is 0 Å². The summed E-state index contributed by atoms with van der Waals surface area (Å²) < 4.78 is 23.9. The van der Waals surface area contributed by atoms with Gasteiger partial charge in [-0.2, -0.15) is 0 Å². The summed E-state index contributed by atoms with van der Waals surface area (Å²) in [6.45, 7) is 15.3. The summed E-state index contributed by atoms with van der Waals surface area (Å²) in [5.74, 6) is 0. The van der Waals surface area contributed by atoms with Gasteiger partial charge in [0.15, 0.2) is 8.32 Å². The van der Waals surface area contributed by atoms with Crippen molar-refractivity contribution in [3.8, 4) is 0 Å². The Balaban J connectivity index is 4.44. The van der Waals surface area contributed by atoms with E-state index in [1.165, 1.54) is 18.1 Å². The standard InChI is InChI=1S/C18H43NO4Si2/c1-7-20-24(11-5,12-6)16-13-14-18(19)15-17-25(21-8-2,22-9-3)23-10-4/h18H,7-17,19H2,1-6H3. The molecule has 0 aromatic carbocycles. The second-order valence-electron chi connectivity index (χ2n) is 6.50. The molecule has 0 saturated heterocycles. The van der Waals surface area contributed by atoms with Crippen molar-refractivity contribution < 1.29 is 17.7 Å². The van der Waals surface area contributed by atoms with Crippen molar-refractivity contribution in [1.29, 1.82) is 0 Å². The molecular formula is C18H43NO4Si2. The molecule has 0 heterocycles. The van der Waals surface area contributed by atoms with Gasteiger partial charge in [0, 0.05) is 38.5 Å². The Labute approximate surface area is 158 Å². The van der Waals surface area contributed by atoms with E-state index in [9.17, 15) is 0 Å². The zero-order valence-corrected chi connectivity index (χ0v) is 19.6. The Kier molecular flexibility index (Phi) is 14.4. The average molecular weight is 394 g/mol. The maximum absolute atomic E-state index is 6.39. The lowest BCUT2D eigenvalue weighted by molar-refractivity contribution is 0.0702. The lowest BCUT2D eigenvalue weighted by atomic mass is 10.1. The summed E-state index contributed by atoms with van der Waals surface area (Å²) in [7, 11) is -4.09. The first-order chi connectivity index (χ1) is 12.0. The number of nitrogens with two attached hydrogens (primary N) is 1. The van der Waals surface area contributed by atoms with Crippen LogP contribution >= 0.6 is 0 Å². The van der Waals surface area contributed by atoms with Gasteiger partial charge in [0.05, 0.1) is 0 Å². The van der Waals surface area contributed by atoms with E-state index in [2.05, 4.69) is 20.8 Å². The summed E-state index contributed by atoms with van der Waals surface area (Å²) in [6.07, 6.45) is 3.09. The van der Waals surface area contributed by atoms with Crippen molar-refractivity contribution in [2.45, 2.75) is 91.0 Å². The molecule has 5 nitrogen and oxygen atoms in total. The Hall–Kier alpha value is 0.234. The first-order valence-electron chi connectivity index (χ1n) is 10.3. The first kappa shape index (κ1) is 25.2. The summed E-state index contributed by atoms with van der Waals surface area (Å²) in [5, 5.41) is 0. The molecule has 25 heavy (non-hydrogen) atoms. The number of hydrogen-bond donors (Lipinski definition) is 1. The molecule has 152 valence electrons. The highest BCUT2D eigenvalue weighted by molar-refractivity contribution is 6.73. The molecule has 0 saturated carbocycles. The maximum Gasteiger partial charge on any atom is 0.500 e. The first-order valence-corrected chi connectivity index (χ1v) is 14.7. The van der Waals surface area contributed by atoms with Crippen LogP contribution < -0.4 is 5.73 Å². The number of hydrogen-bond acceptors (Lipinski definition) is 5. The van der Waals surface area contributed by atoms with Gasteiger partial charge in [-0.1, -0.05) is 20.3 Å². The summed E-state index contributed by atoms with van der Waals surface area (Å²) in [4.78, 5) is 0. The van der Waals surface area contributed by atoms with E-state index in [0.29, 0.717) is 19.8 Å². The van der Waals surface area contributed by atoms with Gasteiger partial charge < -0.3 is 23.4 Å². The molecule has 0 radical (unpaired) electrons. The number of rotatable bonds is 17. The Bertz CT molecular complexity index is 300. The topological polar surface area (TPSA) is 62.9 Å². The monoisotopic (exact) mass is 393 g/mol. The molecule has 1 unspecified atom stereocenters. The van der Waals surface area contributed by atoms with Crippen molar-refractivity contribution in [2.75, 3.05) is 26.4 Å². The largest absolute Gasteiger partial charge is 0.500 e. The fourth-order valence-electron chi connectivity index (χ4n) is 3.38. The van der Waals surface area contributed by atoms with Crippen LogP contribution in [0, 0.1) is 0 Å². The summed E-state index contributed by atoms with van der Waals surface area (Å²) in [6, 6.07) is 4.59. The summed E-state index contributed by atoms with van der Waals surface area (Å²) in [5.41, 5.74) is 6.39. The lowest BCUT2D eigenvalue weighted by Gasteiger charge is -2.30. The van der Waals surface area contributed by atoms with E-state index in [0.717, 1.165) is 31.9 Å². The molecule has 0 amide bonds. The van der Waals surface area contributed by atoms with Gasteiger partial charge in [-0.15, -0.1) is 0 Å². The minimum Gasteiger partial charge on any atom is -0.417 e. The lowest BCUT2D eigenvalue weighted by Crippen LogP contribution is -2.47. The fraction of sp³-hybridized carbons (Fsp3) is 1.00. The zero-order valence-electron chi connectivity index (χ0n) is 17.6. The van der Waals surface area contributed by atoms with Gasteiger partial charge in [-0.3, -0.25) is 0 Å². The van der Waals surface area contributed by atoms with E-state index < -0.39 is 17.1 Å². The van der Waals surface area contributed by atoms with Crippen molar-refractivity contribution in [3.05, 3.63) is 0 Å². The Morgan fingerprint density at radius 2 is 1.16 bits per heavy atom. The van der Waals surface area contributed by atoms with E-state index in [1.54, 1.807) is 0 Å². The third-order valence-electron chi connectivity index (χ3n) is 4.86. The van der Waals surface area contributed by atoms with Gasteiger partial charge in [-0.05, 0) is 58.7 Å². The second-order valence-corrected chi connectivity index (χ2v) is 13.8. The van der Waals surface area contributed by atoms with Crippen LogP contribution in [0.2, 0.25) is 24.2 Å². The molecule has 0 fully saturated rings. The van der Waals surface area contributed by atoms with Crippen LogP contribution in [0.15, 0.2) is 0 Å². The molecule has 0 aromatic rings. The molecule has 2 N–H and O–H groups in total. The smallest absolute Gasteiger partial charge is 0.417 e. The molecule has 0 bridgehead atoms. The molecule has 0 aliphatic heterocycles. The van der Waals surface area contributed by atoms with Crippen molar-refractivity contribution in [2.24, 2.45) is 5.73 Å². The molecule has 7 heteroatoms. The minimum atomic E-state index is -2.56. The molecular weight excluding hydrogens is 350 g/mol. The predicted molar refractivity (Wildman–Crippen MR) is 110 cm³/mol. The van der Waals surface area contributed by atoms with Crippen LogP contribution in [0.4, 0.5) is 0 Å². The molecule has 1 atom stereocenters. The normalized spacial score (nSPS) is 14.0. The van der Waals surface area contributed by atoms with Crippen LogP contribution in [-0.2, 0) is 17.7 Å². The van der Waals surface area contributed by atoms with E-state index in [-0.39, 0.29) is 6.04 Å². The quantitative estimate of drug-likeness (QED) is 0.367. The highest BCUT2D eigenvalue weighted by Gasteiger charge is 2.40. The van der Waals surface area contributed by atoms with Gasteiger partial charge >= 0.3 is 8.80 Å². The van der Waals surface area contributed by atoms with Gasteiger partial charge in [0.1, 0.15) is 0 Å². The van der Waals surface area contributed by atoms with Gasteiger partial charge in [-0.25, -0.2) is 0 Å². The molecule has 0 spiro atoms. The van der Waals surface area contributed by atoms with Gasteiger partial charge in [0.2, 0.25) is 0 Å². The highest BCUT2D eigenvalue weighted by Crippen LogP contribution is 2.26. The van der Waals surface area contributed by atoms with E-state index >= 15 is 0 Å². The van der Waals surface area contributed by atoms with Crippen LogP contribution in [-0.4, -0.2) is 49.6 Å². The van der Waals surface area contributed by atoms with Crippen molar-refractivity contribution in [3.63, 3.8) is 0 Å². The van der Waals surface area contributed by atoms with Crippen LogP contribution in [0.5, 0.6) is 0 Å². The Morgan fingerprint density at radius 1 is 0.680 bits per heavy atom. The molecule has 0 aliphatic rings. The SMILES string of the molecule is CCO[Si](CC)(CC)CCCC(N)CC[Si](OCC)(OCC)OCC. The molecule has 0 rings (SSSR count). The molecule has 0 aliphatic carbocycles. The fourth-order valence-corrected chi connectivity index (χ4v) is 9.33. The van der Waals surface area contributed by atoms with E-state index in [4.69, 9.17) is 23.4 Å². The van der Waals surface area contributed by atoms with Crippen LogP contribution in [0.3, 0.4) is 0 Å². The third kappa shape index (κ3) is 9.65. The predicted octanol–water partition coefficient (Wildman–Crippen LogP) is 4.55. The maximum atomic E-state index is 6.39. The van der Waals surface area contributed by atoms with Gasteiger partial charge in [0.25, 0.3) is 0 Å². The summed E-state index contributed by atoms with van der Waals surface area (Å²) >= 11 is 0. The third-order valence-corrected chi connectivity index (χ3v) is 12.7. The zero-order chi connectivity index (χ0) is 19.2. The average Bonchev–Trinajstić information content (AvgIpc) is 2.60. The van der Waals surface area contributed by atoms with Crippen molar-refractivity contribution >= 4 is 17.1 Å². The Morgan fingerprint density at radius 3 is 1.56 bits per heavy atom. The minimum absolute atomic E-state index is 0.176. The van der Waals surface area contributed by atoms with E-state index in [1.807, 2.05) is 20.8 Å². The second kappa shape index (κ2) is 14.3. The highest BCUT2D eigenvalue weighted by atomic mass is 28.4. The van der Waals surface area contributed by atoms with Crippen LogP contribution in [0.1, 0.15) is 60.8 Å². The van der Waals surface area contributed by atoms with Crippen molar-refractivity contribution in [1.82, 2.24) is 0 Å².